The minimum atomic E-state index is -0.456. The number of carbonyl (C=O) groups excluding carboxylic acids is 1. The molecule has 0 N–H and O–H groups in total. The van der Waals surface area contributed by atoms with Crippen molar-refractivity contribution in [3.8, 4) is 5.75 Å². The number of aromatic nitrogens is 2. The number of benzene rings is 1. The molecule has 1 aromatic heterocycles. The molecule has 0 bridgehead atoms. The smallest absolute Gasteiger partial charge is 0.242 e. The number of nitrogens with zero attached hydrogens (tertiary/aromatic N) is 3. The molecule has 1 aliphatic heterocycles. The van der Waals surface area contributed by atoms with E-state index in [0.717, 1.165) is 23.6 Å². The fraction of sp³-hybridized carbons (Fsp3) is 0.474. The number of hydrogen-bond acceptors (Lipinski definition) is 4. The maximum absolute atomic E-state index is 12.6. The SMILES string of the molecule is CO[C@@]1(COc2ccccc2C)CCN(C(=O)Cn2ccnc2C)C1. The molecule has 134 valence electrons. The summed E-state index contributed by atoms with van der Waals surface area (Å²) in [6.45, 7) is 5.88. The van der Waals surface area contributed by atoms with Crippen LogP contribution >= 0.6 is 0 Å². The molecule has 3 rings (SSSR count). The number of para-hydroxylation sites is 1. The molecule has 25 heavy (non-hydrogen) atoms. The van der Waals surface area contributed by atoms with E-state index in [1.165, 1.54) is 0 Å². The van der Waals surface area contributed by atoms with Gasteiger partial charge < -0.3 is 18.9 Å². The van der Waals surface area contributed by atoms with Gasteiger partial charge in [0.25, 0.3) is 0 Å². The van der Waals surface area contributed by atoms with Gasteiger partial charge >= 0.3 is 0 Å². The first-order chi connectivity index (χ1) is 12.0. The molecule has 2 aromatic rings. The van der Waals surface area contributed by atoms with Crippen molar-refractivity contribution in [3.05, 3.63) is 48.0 Å². The molecule has 1 saturated heterocycles. The van der Waals surface area contributed by atoms with Crippen molar-refractivity contribution in [3.63, 3.8) is 0 Å². The molecular formula is C19H25N3O3. The van der Waals surface area contributed by atoms with E-state index in [4.69, 9.17) is 9.47 Å². The van der Waals surface area contributed by atoms with E-state index in [1.54, 1.807) is 13.3 Å². The Bertz CT molecular complexity index is 743. The molecule has 0 aliphatic carbocycles. The Hall–Kier alpha value is -2.34. The van der Waals surface area contributed by atoms with Crippen molar-refractivity contribution in [2.45, 2.75) is 32.4 Å². The number of carbonyl (C=O) groups is 1. The standard InChI is InChI=1S/C19H25N3O3/c1-15-6-4-5-7-17(15)25-14-19(24-3)8-10-22(13-19)18(23)12-21-11-9-20-16(21)2/h4-7,9,11H,8,10,12-14H2,1-3H3/t19-/m0/s1. The highest BCUT2D eigenvalue weighted by atomic mass is 16.5. The molecule has 1 atom stereocenters. The number of aryl methyl sites for hydroxylation is 2. The number of amides is 1. The van der Waals surface area contributed by atoms with Crippen molar-refractivity contribution in [1.82, 2.24) is 14.5 Å². The maximum Gasteiger partial charge on any atom is 0.242 e. The highest BCUT2D eigenvalue weighted by Crippen LogP contribution is 2.27. The highest BCUT2D eigenvalue weighted by molar-refractivity contribution is 5.76. The number of ether oxygens (including phenoxy) is 2. The largest absolute Gasteiger partial charge is 0.490 e. The zero-order chi connectivity index (χ0) is 17.9. The van der Waals surface area contributed by atoms with E-state index in [2.05, 4.69) is 4.98 Å². The van der Waals surface area contributed by atoms with Gasteiger partial charge in [-0.15, -0.1) is 0 Å². The van der Waals surface area contributed by atoms with Crippen LogP contribution in [-0.2, 0) is 16.1 Å². The summed E-state index contributed by atoms with van der Waals surface area (Å²) in [4.78, 5) is 18.6. The van der Waals surface area contributed by atoms with Crippen LogP contribution in [0.2, 0.25) is 0 Å². The van der Waals surface area contributed by atoms with Crippen molar-refractivity contribution in [1.29, 1.82) is 0 Å². The van der Waals surface area contributed by atoms with E-state index in [0.29, 0.717) is 26.2 Å². The summed E-state index contributed by atoms with van der Waals surface area (Å²) in [7, 11) is 1.69. The first-order valence-corrected chi connectivity index (χ1v) is 8.52. The Labute approximate surface area is 148 Å². The second-order valence-electron chi connectivity index (χ2n) is 6.61. The minimum absolute atomic E-state index is 0.0796. The Morgan fingerprint density at radius 2 is 2.12 bits per heavy atom. The molecule has 1 amide bonds. The van der Waals surface area contributed by atoms with Gasteiger partial charge in [0.2, 0.25) is 5.91 Å². The second-order valence-corrected chi connectivity index (χ2v) is 6.61. The normalized spacial score (nSPS) is 20.0. The molecular weight excluding hydrogens is 318 g/mol. The molecule has 0 spiro atoms. The zero-order valence-corrected chi connectivity index (χ0v) is 15.1. The predicted octanol–water partition coefficient (Wildman–Crippen LogP) is 2.20. The first-order valence-electron chi connectivity index (χ1n) is 8.52. The van der Waals surface area contributed by atoms with Crippen LogP contribution in [0.3, 0.4) is 0 Å². The van der Waals surface area contributed by atoms with Crippen LogP contribution in [0.5, 0.6) is 5.75 Å². The van der Waals surface area contributed by atoms with E-state index < -0.39 is 5.60 Å². The number of likely N-dealkylation sites (tertiary alicyclic amines) is 1. The zero-order valence-electron chi connectivity index (χ0n) is 15.1. The van der Waals surface area contributed by atoms with Crippen molar-refractivity contribution in [2.75, 3.05) is 26.8 Å². The van der Waals surface area contributed by atoms with Crippen LogP contribution in [0.1, 0.15) is 17.8 Å². The number of rotatable bonds is 6. The molecule has 2 heterocycles. The molecule has 0 radical (unpaired) electrons. The van der Waals surface area contributed by atoms with Crippen LogP contribution in [-0.4, -0.2) is 52.8 Å². The average molecular weight is 343 g/mol. The molecule has 1 aromatic carbocycles. The van der Waals surface area contributed by atoms with Gasteiger partial charge in [-0.3, -0.25) is 4.79 Å². The van der Waals surface area contributed by atoms with E-state index in [9.17, 15) is 4.79 Å². The summed E-state index contributed by atoms with van der Waals surface area (Å²) >= 11 is 0. The lowest BCUT2D eigenvalue weighted by Gasteiger charge is -2.28. The van der Waals surface area contributed by atoms with Crippen LogP contribution < -0.4 is 4.74 Å². The van der Waals surface area contributed by atoms with Crippen molar-refractivity contribution < 1.29 is 14.3 Å². The fourth-order valence-electron chi connectivity index (χ4n) is 3.15. The molecule has 6 heteroatoms. The number of methoxy groups -OCH3 is 1. The van der Waals surface area contributed by atoms with Gasteiger partial charge in [0.15, 0.2) is 0 Å². The van der Waals surface area contributed by atoms with Gasteiger partial charge in [-0.1, -0.05) is 18.2 Å². The van der Waals surface area contributed by atoms with Crippen LogP contribution in [0.15, 0.2) is 36.7 Å². The van der Waals surface area contributed by atoms with Crippen LogP contribution in [0.25, 0.3) is 0 Å². The Kier molecular flexibility index (Phi) is 5.08. The molecule has 0 saturated carbocycles. The van der Waals surface area contributed by atoms with Gasteiger partial charge in [-0.25, -0.2) is 4.98 Å². The summed E-state index contributed by atoms with van der Waals surface area (Å²) < 4.78 is 13.6. The third-order valence-electron chi connectivity index (χ3n) is 4.92. The summed E-state index contributed by atoms with van der Waals surface area (Å²) in [5.41, 5.74) is 0.636. The van der Waals surface area contributed by atoms with Gasteiger partial charge in [-0.2, -0.15) is 0 Å². The van der Waals surface area contributed by atoms with Gasteiger partial charge in [0.1, 0.15) is 30.3 Å². The Morgan fingerprint density at radius 3 is 2.80 bits per heavy atom. The van der Waals surface area contributed by atoms with E-state index in [1.807, 2.05) is 53.8 Å². The molecule has 0 unspecified atom stereocenters. The van der Waals surface area contributed by atoms with E-state index in [-0.39, 0.29) is 5.91 Å². The Balaban J connectivity index is 1.61. The molecule has 1 fully saturated rings. The Morgan fingerprint density at radius 1 is 1.32 bits per heavy atom. The minimum Gasteiger partial charge on any atom is -0.490 e. The van der Waals surface area contributed by atoms with Gasteiger partial charge in [0, 0.05) is 26.0 Å². The predicted molar refractivity (Wildman–Crippen MR) is 94.6 cm³/mol. The van der Waals surface area contributed by atoms with Crippen molar-refractivity contribution in [2.24, 2.45) is 0 Å². The lowest BCUT2D eigenvalue weighted by Crippen LogP contribution is -2.43. The van der Waals surface area contributed by atoms with Crippen LogP contribution in [0.4, 0.5) is 0 Å². The average Bonchev–Trinajstić information content (AvgIpc) is 3.22. The topological polar surface area (TPSA) is 56.6 Å². The quantitative estimate of drug-likeness (QED) is 0.807. The fourth-order valence-corrected chi connectivity index (χ4v) is 3.15. The molecule has 1 aliphatic rings. The highest BCUT2D eigenvalue weighted by Gasteiger charge is 2.41. The summed E-state index contributed by atoms with van der Waals surface area (Å²) in [6.07, 6.45) is 4.31. The van der Waals surface area contributed by atoms with Crippen molar-refractivity contribution >= 4 is 5.91 Å². The number of imidazole rings is 1. The maximum atomic E-state index is 12.6. The van der Waals surface area contributed by atoms with Crippen LogP contribution in [0, 0.1) is 13.8 Å². The lowest BCUT2D eigenvalue weighted by atomic mass is 10.0. The third kappa shape index (κ3) is 3.85. The second kappa shape index (κ2) is 7.27. The summed E-state index contributed by atoms with van der Waals surface area (Å²) in [6, 6.07) is 7.92. The monoisotopic (exact) mass is 343 g/mol. The van der Waals surface area contributed by atoms with Gasteiger partial charge in [0.05, 0.1) is 6.54 Å². The van der Waals surface area contributed by atoms with Gasteiger partial charge in [-0.05, 0) is 31.9 Å². The summed E-state index contributed by atoms with van der Waals surface area (Å²) in [5, 5.41) is 0. The molecule has 6 nitrogen and oxygen atoms in total. The lowest BCUT2D eigenvalue weighted by molar-refractivity contribution is -0.132. The third-order valence-corrected chi connectivity index (χ3v) is 4.92. The number of hydrogen-bond donors (Lipinski definition) is 0. The first kappa shape index (κ1) is 17.5. The summed E-state index contributed by atoms with van der Waals surface area (Å²) in [5.74, 6) is 1.78. The van der Waals surface area contributed by atoms with E-state index >= 15 is 0 Å².